The monoisotopic (exact) mass is 336 g/mol. The highest BCUT2D eigenvalue weighted by Gasteiger charge is 2.20. The standard InChI is InChI=1S/C14H13ClN4O4/c15-10-5-9(13-18-17-11(7-20)23-13)6-16-12(10)19-3-1-8(2-4-19)14(21)22/h1,5-6,20H,2-4,7H2,(H,21,22). The number of hydrogen-bond donors (Lipinski definition) is 2. The first-order chi connectivity index (χ1) is 11.1. The zero-order valence-electron chi connectivity index (χ0n) is 11.9. The molecule has 0 atom stereocenters. The Morgan fingerprint density at radius 3 is 2.83 bits per heavy atom. The Morgan fingerprint density at radius 1 is 1.43 bits per heavy atom. The van der Waals surface area contributed by atoms with Crippen molar-refractivity contribution in [3.63, 3.8) is 0 Å². The van der Waals surface area contributed by atoms with Gasteiger partial charge in [0, 0.05) is 24.9 Å². The zero-order chi connectivity index (χ0) is 16.4. The lowest BCUT2D eigenvalue weighted by molar-refractivity contribution is -0.132. The Balaban J connectivity index is 1.81. The molecule has 8 nitrogen and oxygen atoms in total. The van der Waals surface area contributed by atoms with Crippen LogP contribution < -0.4 is 4.90 Å². The molecule has 0 saturated heterocycles. The van der Waals surface area contributed by atoms with E-state index in [1.165, 1.54) is 0 Å². The molecule has 0 radical (unpaired) electrons. The van der Waals surface area contributed by atoms with E-state index in [4.69, 9.17) is 26.2 Å². The lowest BCUT2D eigenvalue weighted by Gasteiger charge is -2.27. The van der Waals surface area contributed by atoms with Gasteiger partial charge >= 0.3 is 5.97 Å². The number of carbonyl (C=O) groups is 1. The number of pyridine rings is 1. The largest absolute Gasteiger partial charge is 0.478 e. The van der Waals surface area contributed by atoms with Crippen molar-refractivity contribution in [3.05, 3.63) is 34.8 Å². The van der Waals surface area contributed by atoms with Crippen molar-refractivity contribution >= 4 is 23.4 Å². The summed E-state index contributed by atoms with van der Waals surface area (Å²) in [5, 5.41) is 25.8. The molecule has 23 heavy (non-hydrogen) atoms. The van der Waals surface area contributed by atoms with Crippen molar-refractivity contribution in [2.24, 2.45) is 0 Å². The van der Waals surface area contributed by atoms with Crippen LogP contribution in [0, 0.1) is 0 Å². The number of nitrogens with zero attached hydrogens (tertiary/aromatic N) is 4. The third-order valence-electron chi connectivity index (χ3n) is 3.45. The first-order valence-corrected chi connectivity index (χ1v) is 7.22. The van der Waals surface area contributed by atoms with E-state index >= 15 is 0 Å². The van der Waals surface area contributed by atoms with Crippen LogP contribution >= 0.6 is 11.6 Å². The van der Waals surface area contributed by atoms with Crippen molar-refractivity contribution in [1.29, 1.82) is 0 Å². The molecule has 0 aliphatic carbocycles. The van der Waals surface area contributed by atoms with E-state index in [0.29, 0.717) is 41.5 Å². The molecule has 2 aromatic rings. The van der Waals surface area contributed by atoms with Gasteiger partial charge in [-0.2, -0.15) is 0 Å². The molecule has 9 heteroatoms. The quantitative estimate of drug-likeness (QED) is 0.863. The second-order valence-electron chi connectivity index (χ2n) is 4.92. The minimum atomic E-state index is -0.893. The van der Waals surface area contributed by atoms with Crippen molar-refractivity contribution in [2.45, 2.75) is 13.0 Å². The lowest BCUT2D eigenvalue weighted by Crippen LogP contribution is -2.31. The molecule has 0 aromatic carbocycles. The van der Waals surface area contributed by atoms with Gasteiger partial charge in [-0.05, 0) is 12.5 Å². The summed E-state index contributed by atoms with van der Waals surface area (Å²) in [5.41, 5.74) is 0.945. The van der Waals surface area contributed by atoms with Gasteiger partial charge in [0.25, 0.3) is 0 Å². The number of carboxylic acids is 1. The predicted octanol–water partition coefficient (Wildman–Crippen LogP) is 1.50. The fourth-order valence-electron chi connectivity index (χ4n) is 2.27. The molecule has 1 aliphatic heterocycles. The van der Waals surface area contributed by atoms with Gasteiger partial charge in [-0.3, -0.25) is 0 Å². The van der Waals surface area contributed by atoms with Crippen LogP contribution in [0.25, 0.3) is 11.5 Å². The topological polar surface area (TPSA) is 113 Å². The highest BCUT2D eigenvalue weighted by Crippen LogP contribution is 2.29. The first kappa shape index (κ1) is 15.4. The number of aromatic nitrogens is 3. The Morgan fingerprint density at radius 2 is 2.26 bits per heavy atom. The second kappa shape index (κ2) is 6.35. The molecule has 0 fully saturated rings. The Hall–Kier alpha value is -2.45. The number of aliphatic hydroxyl groups is 1. The summed E-state index contributed by atoms with van der Waals surface area (Å²) >= 11 is 6.27. The van der Waals surface area contributed by atoms with Crippen LogP contribution in [0.4, 0.5) is 5.82 Å². The third-order valence-corrected chi connectivity index (χ3v) is 3.73. The van der Waals surface area contributed by atoms with E-state index in [1.54, 1.807) is 18.3 Å². The molecule has 0 spiro atoms. The number of halogens is 1. The Bertz CT molecular complexity index is 774. The molecule has 2 N–H and O–H groups in total. The molecule has 1 aliphatic rings. The van der Waals surface area contributed by atoms with Crippen molar-refractivity contribution in [1.82, 2.24) is 15.2 Å². The summed E-state index contributed by atoms with van der Waals surface area (Å²) in [4.78, 5) is 17.1. The van der Waals surface area contributed by atoms with Gasteiger partial charge in [-0.25, -0.2) is 9.78 Å². The average Bonchev–Trinajstić information content (AvgIpc) is 3.04. The van der Waals surface area contributed by atoms with Crippen LogP contribution in [0.5, 0.6) is 0 Å². The van der Waals surface area contributed by atoms with Crippen LogP contribution in [0.1, 0.15) is 12.3 Å². The van der Waals surface area contributed by atoms with Gasteiger partial charge < -0.3 is 19.5 Å². The summed E-state index contributed by atoms with van der Waals surface area (Å²) in [6.07, 6.45) is 3.63. The number of anilines is 1. The van der Waals surface area contributed by atoms with Crippen LogP contribution in [0.2, 0.25) is 5.02 Å². The van der Waals surface area contributed by atoms with Crippen LogP contribution in [-0.2, 0) is 11.4 Å². The van der Waals surface area contributed by atoms with Gasteiger partial charge in [-0.1, -0.05) is 17.7 Å². The predicted molar refractivity (Wildman–Crippen MR) is 81.0 cm³/mol. The van der Waals surface area contributed by atoms with Gasteiger partial charge in [-0.15, -0.1) is 10.2 Å². The van der Waals surface area contributed by atoms with E-state index in [9.17, 15) is 4.79 Å². The highest BCUT2D eigenvalue weighted by molar-refractivity contribution is 6.33. The summed E-state index contributed by atoms with van der Waals surface area (Å²) in [6.45, 7) is 0.626. The highest BCUT2D eigenvalue weighted by atomic mass is 35.5. The first-order valence-electron chi connectivity index (χ1n) is 6.85. The van der Waals surface area contributed by atoms with Gasteiger partial charge in [0.15, 0.2) is 0 Å². The second-order valence-corrected chi connectivity index (χ2v) is 5.33. The maximum atomic E-state index is 10.9. The number of aliphatic carboxylic acids is 1. The fraction of sp³-hybridized carbons (Fsp3) is 0.286. The Kier molecular flexibility index (Phi) is 4.26. The van der Waals surface area contributed by atoms with Gasteiger partial charge in [0.05, 0.1) is 10.6 Å². The normalized spacial score (nSPS) is 14.7. The van der Waals surface area contributed by atoms with Crippen LogP contribution in [-0.4, -0.2) is 44.5 Å². The molecule has 2 aromatic heterocycles. The van der Waals surface area contributed by atoms with E-state index in [-0.39, 0.29) is 18.4 Å². The molecule has 3 rings (SSSR count). The number of aliphatic hydroxyl groups excluding tert-OH is 1. The number of carboxylic acid groups (broad SMARTS) is 1. The fourth-order valence-corrected chi connectivity index (χ4v) is 2.56. The van der Waals surface area contributed by atoms with Crippen molar-refractivity contribution in [2.75, 3.05) is 18.0 Å². The van der Waals surface area contributed by atoms with E-state index < -0.39 is 5.97 Å². The van der Waals surface area contributed by atoms with Crippen molar-refractivity contribution in [3.8, 4) is 11.5 Å². The number of hydrogen-bond acceptors (Lipinski definition) is 7. The van der Waals surface area contributed by atoms with Gasteiger partial charge in [0.2, 0.25) is 11.8 Å². The summed E-state index contributed by atoms with van der Waals surface area (Å²) < 4.78 is 5.24. The van der Waals surface area contributed by atoms with E-state index in [2.05, 4.69) is 15.2 Å². The maximum absolute atomic E-state index is 10.9. The maximum Gasteiger partial charge on any atom is 0.331 e. The molecule has 3 heterocycles. The molecular weight excluding hydrogens is 324 g/mol. The van der Waals surface area contributed by atoms with Crippen LogP contribution in [0.3, 0.4) is 0 Å². The summed E-state index contributed by atoms with van der Waals surface area (Å²) in [5.74, 6) is 0.0115. The van der Waals surface area contributed by atoms with Gasteiger partial charge in [0.1, 0.15) is 12.4 Å². The van der Waals surface area contributed by atoms with E-state index in [0.717, 1.165) is 0 Å². The summed E-state index contributed by atoms with van der Waals surface area (Å²) in [7, 11) is 0. The molecule has 120 valence electrons. The molecule has 0 bridgehead atoms. The minimum Gasteiger partial charge on any atom is -0.478 e. The third kappa shape index (κ3) is 3.17. The zero-order valence-corrected chi connectivity index (χ0v) is 12.7. The average molecular weight is 337 g/mol. The van der Waals surface area contributed by atoms with Crippen molar-refractivity contribution < 1.29 is 19.4 Å². The Labute approximate surface area is 136 Å². The molecule has 0 saturated carbocycles. The summed E-state index contributed by atoms with van der Waals surface area (Å²) in [6, 6.07) is 1.65. The smallest absolute Gasteiger partial charge is 0.331 e. The molecule has 0 amide bonds. The molecule has 0 unspecified atom stereocenters. The molecular formula is C14H13ClN4O4. The van der Waals surface area contributed by atoms with Crippen LogP contribution in [0.15, 0.2) is 28.3 Å². The SMILES string of the molecule is O=C(O)C1=CCN(c2ncc(-c3nnc(CO)o3)cc2Cl)CC1. The number of rotatable bonds is 4. The lowest BCUT2D eigenvalue weighted by atomic mass is 10.1. The minimum absolute atomic E-state index is 0.113. The van der Waals surface area contributed by atoms with E-state index in [1.807, 2.05) is 4.90 Å².